The number of carbonyl (C=O) groups excluding carboxylic acids is 1. The van der Waals surface area contributed by atoms with Crippen molar-refractivity contribution in [3.05, 3.63) is 34.3 Å². The number of aryl methyl sites for hydroxylation is 2. The van der Waals surface area contributed by atoms with Crippen LogP contribution in [-0.4, -0.2) is 45.9 Å². The molecule has 9 nitrogen and oxygen atoms in total. The molecule has 0 spiro atoms. The Morgan fingerprint density at radius 3 is 2.81 bits per heavy atom. The highest BCUT2D eigenvalue weighted by Crippen LogP contribution is 2.30. The van der Waals surface area contributed by atoms with Gasteiger partial charge in [0.2, 0.25) is 5.89 Å². The third kappa shape index (κ3) is 4.13. The minimum absolute atomic E-state index is 0.0165. The molecule has 1 aliphatic heterocycles. The first-order valence-electron chi connectivity index (χ1n) is 7.84. The van der Waals surface area contributed by atoms with Crippen LogP contribution in [0.2, 0.25) is 5.15 Å². The predicted molar refractivity (Wildman–Crippen MR) is 92.1 cm³/mol. The van der Waals surface area contributed by atoms with E-state index in [1.165, 1.54) is 16.8 Å². The first kappa shape index (κ1) is 18.6. The minimum atomic E-state index is -3.05. The molecule has 2 aromatic rings. The number of carbonyl (C=O) groups is 1. The summed E-state index contributed by atoms with van der Waals surface area (Å²) >= 11 is 6.33. The Hall–Kier alpha value is -2.20. The van der Waals surface area contributed by atoms with Gasteiger partial charge in [0.25, 0.3) is 5.89 Å². The summed E-state index contributed by atoms with van der Waals surface area (Å²) in [7, 11) is -3.05. The average Bonchev–Trinajstić information content (AvgIpc) is 3.22. The third-order valence-electron chi connectivity index (χ3n) is 3.92. The Bertz CT molecular complexity index is 963. The Labute approximate surface area is 154 Å². The quantitative estimate of drug-likeness (QED) is 0.549. The molecule has 1 atom stereocenters. The van der Waals surface area contributed by atoms with Crippen LogP contribution in [0.4, 0.5) is 0 Å². The molecule has 0 aromatic carbocycles. The number of sulfone groups is 1. The van der Waals surface area contributed by atoms with E-state index in [4.69, 9.17) is 20.8 Å². The molecular formula is C15H17ClN4O5S. The van der Waals surface area contributed by atoms with E-state index < -0.39 is 15.8 Å². The number of ether oxygens (including phenoxy) is 1. The maximum absolute atomic E-state index is 11.8. The lowest BCUT2D eigenvalue weighted by molar-refractivity contribution is -0.139. The van der Waals surface area contributed by atoms with Crippen molar-refractivity contribution < 1.29 is 22.4 Å². The van der Waals surface area contributed by atoms with Gasteiger partial charge in [-0.3, -0.25) is 0 Å². The number of hydrogen-bond donors (Lipinski definition) is 0. The summed E-state index contributed by atoms with van der Waals surface area (Å²) in [4.78, 5) is 11.8. The number of hydrogen-bond acceptors (Lipinski definition) is 8. The van der Waals surface area contributed by atoms with E-state index in [0.29, 0.717) is 28.7 Å². The molecule has 0 aliphatic carbocycles. The largest absolute Gasteiger partial charge is 0.452 e. The summed E-state index contributed by atoms with van der Waals surface area (Å²) in [6, 6.07) is -0.291. The summed E-state index contributed by atoms with van der Waals surface area (Å²) in [6.45, 7) is 3.24. The summed E-state index contributed by atoms with van der Waals surface area (Å²) in [5.41, 5.74) is 1.14. The second kappa shape index (κ2) is 7.20. The SMILES string of the molecule is Cc1nnc(COC(=O)/C=C/c2c(C)nn([C@H]3CCS(=O)(=O)C3)c2Cl)o1. The monoisotopic (exact) mass is 400 g/mol. The zero-order valence-electron chi connectivity index (χ0n) is 14.2. The van der Waals surface area contributed by atoms with E-state index in [1.807, 2.05) is 0 Å². The smallest absolute Gasteiger partial charge is 0.331 e. The van der Waals surface area contributed by atoms with Gasteiger partial charge in [-0.2, -0.15) is 5.10 Å². The van der Waals surface area contributed by atoms with Crippen molar-refractivity contribution in [2.75, 3.05) is 11.5 Å². The van der Waals surface area contributed by atoms with Gasteiger partial charge in [0.05, 0.1) is 23.2 Å². The molecule has 11 heteroatoms. The lowest BCUT2D eigenvalue weighted by atomic mass is 10.2. The lowest BCUT2D eigenvalue weighted by Crippen LogP contribution is -2.12. The number of halogens is 1. The molecule has 1 fully saturated rings. The van der Waals surface area contributed by atoms with Crippen LogP contribution in [-0.2, 0) is 26.0 Å². The van der Waals surface area contributed by atoms with Crippen molar-refractivity contribution in [2.45, 2.75) is 32.9 Å². The van der Waals surface area contributed by atoms with Crippen molar-refractivity contribution in [1.29, 1.82) is 0 Å². The van der Waals surface area contributed by atoms with Crippen molar-refractivity contribution >= 4 is 33.5 Å². The van der Waals surface area contributed by atoms with Gasteiger partial charge in [-0.15, -0.1) is 10.2 Å². The van der Waals surface area contributed by atoms with Crippen LogP contribution in [0.25, 0.3) is 6.08 Å². The Morgan fingerprint density at radius 2 is 2.19 bits per heavy atom. The average molecular weight is 401 g/mol. The fraction of sp³-hybridized carbons (Fsp3) is 0.467. The van der Waals surface area contributed by atoms with Gasteiger partial charge in [0, 0.05) is 18.6 Å². The van der Waals surface area contributed by atoms with Crippen LogP contribution in [0, 0.1) is 13.8 Å². The molecule has 140 valence electrons. The lowest BCUT2D eigenvalue weighted by Gasteiger charge is -2.09. The minimum Gasteiger partial charge on any atom is -0.452 e. The summed E-state index contributed by atoms with van der Waals surface area (Å²) in [5, 5.41) is 12.0. The van der Waals surface area contributed by atoms with Crippen LogP contribution in [0.5, 0.6) is 0 Å². The van der Waals surface area contributed by atoms with Gasteiger partial charge in [-0.05, 0) is 19.4 Å². The van der Waals surface area contributed by atoms with Crippen molar-refractivity contribution in [3.63, 3.8) is 0 Å². The molecular weight excluding hydrogens is 384 g/mol. The molecule has 0 bridgehead atoms. The van der Waals surface area contributed by atoms with Gasteiger partial charge in [0.15, 0.2) is 16.4 Å². The molecule has 26 heavy (non-hydrogen) atoms. The molecule has 1 saturated heterocycles. The van der Waals surface area contributed by atoms with Crippen LogP contribution < -0.4 is 0 Å². The zero-order chi connectivity index (χ0) is 18.9. The van der Waals surface area contributed by atoms with Crippen LogP contribution in [0.15, 0.2) is 10.5 Å². The summed E-state index contributed by atoms with van der Waals surface area (Å²) in [6.07, 6.45) is 3.18. The van der Waals surface area contributed by atoms with Gasteiger partial charge in [-0.25, -0.2) is 17.9 Å². The van der Waals surface area contributed by atoms with Gasteiger partial charge in [-0.1, -0.05) is 11.6 Å². The van der Waals surface area contributed by atoms with Gasteiger partial charge in [0.1, 0.15) is 5.15 Å². The summed E-state index contributed by atoms with van der Waals surface area (Å²) < 4.78 is 34.9. The van der Waals surface area contributed by atoms with Crippen molar-refractivity contribution in [2.24, 2.45) is 0 Å². The Kier molecular flexibility index (Phi) is 5.15. The number of rotatable bonds is 5. The molecule has 0 radical (unpaired) electrons. The maximum Gasteiger partial charge on any atom is 0.331 e. The normalized spacial score (nSPS) is 19.3. The fourth-order valence-corrected chi connectivity index (χ4v) is 4.73. The van der Waals surface area contributed by atoms with Crippen LogP contribution in [0.1, 0.15) is 35.5 Å². The molecule has 0 saturated carbocycles. The first-order chi connectivity index (χ1) is 12.2. The highest BCUT2D eigenvalue weighted by Gasteiger charge is 2.31. The predicted octanol–water partition coefficient (Wildman–Crippen LogP) is 1.65. The van der Waals surface area contributed by atoms with E-state index in [1.54, 1.807) is 13.8 Å². The molecule has 3 rings (SSSR count). The number of esters is 1. The van der Waals surface area contributed by atoms with Crippen LogP contribution >= 0.6 is 11.6 Å². The Morgan fingerprint density at radius 1 is 1.42 bits per heavy atom. The number of nitrogens with zero attached hydrogens (tertiary/aromatic N) is 4. The first-order valence-corrected chi connectivity index (χ1v) is 10.0. The molecule has 0 unspecified atom stereocenters. The van der Waals surface area contributed by atoms with E-state index in [0.717, 1.165) is 0 Å². The standard InChI is InChI=1S/C15H17ClN4O5S/c1-9-12(3-4-14(21)24-7-13-18-17-10(2)25-13)15(16)20(19-9)11-5-6-26(22,23)8-11/h3-4,11H,5-8H2,1-2H3/b4-3+/t11-/m0/s1. The van der Waals surface area contributed by atoms with E-state index in [-0.39, 0.29) is 30.0 Å². The highest BCUT2D eigenvalue weighted by atomic mass is 35.5. The second-order valence-corrected chi connectivity index (χ2v) is 8.53. The van der Waals surface area contributed by atoms with Crippen LogP contribution in [0.3, 0.4) is 0 Å². The molecule has 0 N–H and O–H groups in total. The highest BCUT2D eigenvalue weighted by molar-refractivity contribution is 7.91. The van der Waals surface area contributed by atoms with Gasteiger partial charge < -0.3 is 9.15 Å². The maximum atomic E-state index is 11.8. The molecule has 2 aromatic heterocycles. The summed E-state index contributed by atoms with van der Waals surface area (Å²) in [5.74, 6) is 0.124. The number of aromatic nitrogens is 4. The van der Waals surface area contributed by atoms with Gasteiger partial charge >= 0.3 is 5.97 Å². The zero-order valence-corrected chi connectivity index (χ0v) is 15.7. The second-order valence-electron chi connectivity index (χ2n) is 5.95. The topological polar surface area (TPSA) is 117 Å². The van der Waals surface area contributed by atoms with Crippen molar-refractivity contribution in [3.8, 4) is 0 Å². The van der Waals surface area contributed by atoms with E-state index in [9.17, 15) is 13.2 Å². The molecule has 3 heterocycles. The fourth-order valence-electron chi connectivity index (χ4n) is 2.66. The molecule has 1 aliphatic rings. The third-order valence-corrected chi connectivity index (χ3v) is 6.04. The van der Waals surface area contributed by atoms with E-state index >= 15 is 0 Å². The van der Waals surface area contributed by atoms with Crippen molar-refractivity contribution in [1.82, 2.24) is 20.0 Å². The molecule has 0 amide bonds. The van der Waals surface area contributed by atoms with E-state index in [2.05, 4.69) is 15.3 Å². The Balaban J connectivity index is 1.67.